The normalized spacial score (nSPS) is 15.7. The molecule has 1 N–H and O–H groups in total. The van der Waals surface area contributed by atoms with Crippen molar-refractivity contribution in [2.45, 2.75) is 38.9 Å². The van der Waals surface area contributed by atoms with E-state index in [0.717, 1.165) is 35.8 Å². The van der Waals surface area contributed by atoms with Gasteiger partial charge >= 0.3 is 0 Å². The van der Waals surface area contributed by atoms with Crippen molar-refractivity contribution in [3.63, 3.8) is 0 Å². The van der Waals surface area contributed by atoms with Crippen molar-refractivity contribution < 1.29 is 17.6 Å². The van der Waals surface area contributed by atoms with E-state index in [1.54, 1.807) is 0 Å². The molecule has 0 saturated carbocycles. The first-order valence-electron chi connectivity index (χ1n) is 10.1. The molecule has 162 valence electrons. The van der Waals surface area contributed by atoms with Crippen LogP contribution in [-0.2, 0) is 27.9 Å². The molecule has 0 aromatic heterocycles. The second-order valence-electron chi connectivity index (χ2n) is 7.70. The molecule has 30 heavy (non-hydrogen) atoms. The highest BCUT2D eigenvalue weighted by Gasteiger charge is 2.30. The van der Waals surface area contributed by atoms with Gasteiger partial charge in [0.25, 0.3) is 0 Å². The quantitative estimate of drug-likeness (QED) is 0.695. The summed E-state index contributed by atoms with van der Waals surface area (Å²) in [6.45, 7) is 4.91. The Labute approximate surface area is 177 Å². The Hall–Kier alpha value is -2.45. The van der Waals surface area contributed by atoms with Crippen LogP contribution in [0.15, 0.2) is 48.5 Å². The average molecular weight is 434 g/mol. The molecular formula is C22H28FN3O3S. The van der Waals surface area contributed by atoms with E-state index in [9.17, 15) is 17.6 Å². The number of carbonyl (C=O) groups is 1. The van der Waals surface area contributed by atoms with Crippen LogP contribution in [0.4, 0.5) is 10.1 Å². The third kappa shape index (κ3) is 5.58. The van der Waals surface area contributed by atoms with Gasteiger partial charge in [-0.1, -0.05) is 36.4 Å². The maximum atomic E-state index is 14.2. The van der Waals surface area contributed by atoms with Gasteiger partial charge in [0, 0.05) is 13.1 Å². The minimum Gasteiger partial charge on any atom is -0.350 e. The molecular weight excluding hydrogens is 405 g/mol. The zero-order valence-electron chi connectivity index (χ0n) is 17.3. The molecule has 0 bridgehead atoms. The Kier molecular flexibility index (Phi) is 7.10. The van der Waals surface area contributed by atoms with Gasteiger partial charge in [-0.2, -0.15) is 0 Å². The Bertz CT molecular complexity index is 973. The van der Waals surface area contributed by atoms with Crippen molar-refractivity contribution in [1.29, 1.82) is 0 Å². The predicted molar refractivity (Wildman–Crippen MR) is 116 cm³/mol. The molecule has 1 saturated heterocycles. The first kappa shape index (κ1) is 22.2. The van der Waals surface area contributed by atoms with Crippen LogP contribution < -0.4 is 9.62 Å². The van der Waals surface area contributed by atoms with Crippen molar-refractivity contribution in [2.75, 3.05) is 23.7 Å². The molecule has 1 fully saturated rings. The summed E-state index contributed by atoms with van der Waals surface area (Å²) in [5, 5.41) is 2.76. The number of para-hydroxylation sites is 1. The van der Waals surface area contributed by atoms with Gasteiger partial charge in [-0.25, -0.2) is 12.8 Å². The van der Waals surface area contributed by atoms with Crippen molar-refractivity contribution in [1.82, 2.24) is 10.2 Å². The van der Waals surface area contributed by atoms with Crippen molar-refractivity contribution in [3.8, 4) is 0 Å². The zero-order valence-corrected chi connectivity index (χ0v) is 18.2. The fourth-order valence-electron chi connectivity index (χ4n) is 3.71. The first-order valence-corrected chi connectivity index (χ1v) is 11.9. The van der Waals surface area contributed by atoms with E-state index in [2.05, 4.69) is 10.2 Å². The second kappa shape index (κ2) is 9.57. The predicted octanol–water partition coefficient (Wildman–Crippen LogP) is 2.89. The third-order valence-electron chi connectivity index (χ3n) is 5.27. The zero-order chi connectivity index (χ0) is 21.7. The van der Waals surface area contributed by atoms with Crippen LogP contribution >= 0.6 is 0 Å². The maximum absolute atomic E-state index is 14.2. The van der Waals surface area contributed by atoms with Crippen LogP contribution in [-0.4, -0.2) is 44.6 Å². The highest BCUT2D eigenvalue weighted by Crippen LogP contribution is 2.24. The van der Waals surface area contributed by atoms with Crippen LogP contribution in [0.1, 0.15) is 30.9 Å². The molecule has 0 spiro atoms. The molecule has 1 amide bonds. The van der Waals surface area contributed by atoms with E-state index >= 15 is 0 Å². The lowest BCUT2D eigenvalue weighted by molar-refractivity contribution is -0.122. The number of sulfonamides is 1. The summed E-state index contributed by atoms with van der Waals surface area (Å²) >= 11 is 0. The molecule has 8 heteroatoms. The second-order valence-corrected chi connectivity index (χ2v) is 9.56. The number of halogens is 1. The monoisotopic (exact) mass is 433 g/mol. The highest BCUT2D eigenvalue weighted by atomic mass is 32.2. The Balaban J connectivity index is 1.63. The summed E-state index contributed by atoms with van der Waals surface area (Å²) < 4.78 is 39.5. The fourth-order valence-corrected chi connectivity index (χ4v) is 4.89. The van der Waals surface area contributed by atoms with Crippen molar-refractivity contribution in [2.24, 2.45) is 0 Å². The van der Waals surface area contributed by atoms with Crippen LogP contribution in [0, 0.1) is 5.82 Å². The molecule has 1 atom stereocenters. The number of anilines is 1. The molecule has 1 heterocycles. The number of nitrogens with zero attached hydrogens (tertiary/aromatic N) is 2. The van der Waals surface area contributed by atoms with Crippen LogP contribution in [0.5, 0.6) is 0 Å². The topological polar surface area (TPSA) is 69.7 Å². The largest absolute Gasteiger partial charge is 0.350 e. The number of benzene rings is 2. The summed E-state index contributed by atoms with van der Waals surface area (Å²) in [4.78, 5) is 15.1. The molecule has 6 nitrogen and oxygen atoms in total. The number of hydrogen-bond donors (Lipinski definition) is 1. The molecule has 1 unspecified atom stereocenters. The van der Waals surface area contributed by atoms with Gasteiger partial charge in [-0.3, -0.25) is 14.0 Å². The molecule has 1 aliphatic rings. The van der Waals surface area contributed by atoms with Gasteiger partial charge in [0.15, 0.2) is 0 Å². The lowest BCUT2D eigenvalue weighted by Crippen LogP contribution is -2.48. The average Bonchev–Trinajstić information content (AvgIpc) is 3.21. The number of likely N-dealkylation sites (tertiary alicyclic amines) is 1. The van der Waals surface area contributed by atoms with Gasteiger partial charge in [-0.15, -0.1) is 0 Å². The first-order chi connectivity index (χ1) is 14.3. The number of hydrogen-bond acceptors (Lipinski definition) is 4. The van der Waals surface area contributed by atoms with E-state index in [4.69, 9.17) is 0 Å². The molecule has 0 radical (unpaired) electrons. The summed E-state index contributed by atoms with van der Waals surface area (Å²) in [5.74, 6) is -1.19. The van der Waals surface area contributed by atoms with E-state index in [1.165, 1.54) is 49.6 Å². The molecule has 1 aliphatic heterocycles. The van der Waals surface area contributed by atoms with Gasteiger partial charge in [0.1, 0.15) is 11.9 Å². The van der Waals surface area contributed by atoms with Crippen LogP contribution in [0.25, 0.3) is 0 Å². The van der Waals surface area contributed by atoms with Crippen molar-refractivity contribution >= 4 is 21.6 Å². The Morgan fingerprint density at radius 1 is 1.10 bits per heavy atom. The Morgan fingerprint density at radius 2 is 1.70 bits per heavy atom. The van der Waals surface area contributed by atoms with E-state index in [-0.39, 0.29) is 12.2 Å². The van der Waals surface area contributed by atoms with Crippen LogP contribution in [0.2, 0.25) is 0 Å². The van der Waals surface area contributed by atoms with Gasteiger partial charge in [0.05, 0.1) is 11.9 Å². The molecule has 2 aromatic rings. The van der Waals surface area contributed by atoms with E-state index in [1.807, 2.05) is 24.3 Å². The minimum absolute atomic E-state index is 0.145. The van der Waals surface area contributed by atoms with Gasteiger partial charge in [-0.05, 0) is 56.1 Å². The van der Waals surface area contributed by atoms with Crippen molar-refractivity contribution in [3.05, 3.63) is 65.5 Å². The molecule has 0 aliphatic carbocycles. The Morgan fingerprint density at radius 3 is 2.30 bits per heavy atom. The summed E-state index contributed by atoms with van der Waals surface area (Å²) in [6.07, 6.45) is 3.46. The molecule has 2 aromatic carbocycles. The van der Waals surface area contributed by atoms with Crippen LogP contribution in [0.3, 0.4) is 0 Å². The summed E-state index contributed by atoms with van der Waals surface area (Å²) in [7, 11) is -3.86. The number of carbonyl (C=O) groups excluding carboxylic acids is 1. The van der Waals surface area contributed by atoms with Gasteiger partial charge < -0.3 is 5.32 Å². The van der Waals surface area contributed by atoms with E-state index in [0.29, 0.717) is 0 Å². The van der Waals surface area contributed by atoms with Gasteiger partial charge in [0.2, 0.25) is 15.9 Å². The summed E-state index contributed by atoms with van der Waals surface area (Å²) in [6, 6.07) is 12.4. The highest BCUT2D eigenvalue weighted by molar-refractivity contribution is 7.92. The summed E-state index contributed by atoms with van der Waals surface area (Å²) in [5.41, 5.74) is 1.99. The lowest BCUT2D eigenvalue weighted by Gasteiger charge is -2.28. The standard InChI is InChI=1S/C22H28FN3O3S/c1-17(26(30(2,28)29)21-8-4-3-7-20(21)23)22(27)24-15-18-9-11-19(12-10-18)16-25-13-5-6-14-25/h3-4,7-12,17H,5-6,13-16H2,1-2H3,(H,24,27). The maximum Gasteiger partial charge on any atom is 0.243 e. The smallest absolute Gasteiger partial charge is 0.243 e. The number of rotatable bonds is 8. The third-order valence-corrected chi connectivity index (χ3v) is 6.50. The van der Waals surface area contributed by atoms with E-state index < -0.39 is 27.8 Å². The number of amides is 1. The SMILES string of the molecule is CC(C(=O)NCc1ccc(CN2CCCC2)cc1)N(c1ccccc1F)S(C)(=O)=O. The molecule has 3 rings (SSSR count). The lowest BCUT2D eigenvalue weighted by atomic mass is 10.1. The number of nitrogens with one attached hydrogen (secondary N) is 1. The minimum atomic E-state index is -3.86. The fraction of sp³-hybridized carbons (Fsp3) is 0.409.